The van der Waals surface area contributed by atoms with Gasteiger partial charge in [0, 0.05) is 6.20 Å². The summed E-state index contributed by atoms with van der Waals surface area (Å²) >= 11 is 0. The third-order valence-corrected chi connectivity index (χ3v) is 4.10. The largest absolute Gasteiger partial charge is 0.460 e. The number of carbonyl (C=O) groups is 1. The van der Waals surface area contributed by atoms with Crippen LogP contribution in [0.4, 0.5) is 5.82 Å². The van der Waals surface area contributed by atoms with E-state index in [1.54, 1.807) is 6.20 Å². The second-order valence-electron chi connectivity index (χ2n) is 5.95. The highest BCUT2D eigenvalue weighted by molar-refractivity contribution is 5.76. The SMILES string of the molecule is Nc1cc(C[C@@H]2CN[C@@H](C(=O)OCc3ccccc3)C2)ccn1. The topological polar surface area (TPSA) is 77.2 Å². The molecule has 1 aromatic heterocycles. The molecule has 2 aromatic rings. The molecule has 0 spiro atoms. The minimum atomic E-state index is -0.220. The van der Waals surface area contributed by atoms with Crippen molar-refractivity contribution in [1.82, 2.24) is 10.3 Å². The van der Waals surface area contributed by atoms with E-state index in [9.17, 15) is 4.79 Å². The minimum absolute atomic E-state index is 0.175. The Morgan fingerprint density at radius 3 is 2.87 bits per heavy atom. The van der Waals surface area contributed by atoms with Gasteiger partial charge >= 0.3 is 5.97 Å². The maximum Gasteiger partial charge on any atom is 0.323 e. The van der Waals surface area contributed by atoms with Gasteiger partial charge in [0.25, 0.3) is 0 Å². The van der Waals surface area contributed by atoms with Gasteiger partial charge in [0.2, 0.25) is 0 Å². The van der Waals surface area contributed by atoms with Gasteiger partial charge in [0.05, 0.1) is 0 Å². The Kier molecular flexibility index (Phi) is 4.88. The Morgan fingerprint density at radius 1 is 1.26 bits per heavy atom. The van der Waals surface area contributed by atoms with Crippen molar-refractivity contribution in [2.45, 2.75) is 25.5 Å². The Morgan fingerprint density at radius 2 is 2.09 bits per heavy atom. The zero-order valence-electron chi connectivity index (χ0n) is 12.9. The number of nitrogen functional groups attached to an aromatic ring is 1. The van der Waals surface area contributed by atoms with Crippen molar-refractivity contribution >= 4 is 11.8 Å². The number of nitrogens with two attached hydrogens (primary N) is 1. The molecule has 120 valence electrons. The van der Waals surface area contributed by atoms with E-state index in [2.05, 4.69) is 10.3 Å². The van der Waals surface area contributed by atoms with E-state index in [1.165, 1.54) is 0 Å². The van der Waals surface area contributed by atoms with Crippen LogP contribution in [0.2, 0.25) is 0 Å². The van der Waals surface area contributed by atoms with E-state index in [-0.39, 0.29) is 12.0 Å². The molecule has 1 aromatic carbocycles. The fourth-order valence-corrected chi connectivity index (χ4v) is 2.93. The molecule has 0 aliphatic carbocycles. The molecule has 1 saturated heterocycles. The lowest BCUT2D eigenvalue weighted by Gasteiger charge is -2.11. The lowest BCUT2D eigenvalue weighted by molar-refractivity contribution is -0.147. The van der Waals surface area contributed by atoms with Gasteiger partial charge in [-0.05, 0) is 48.6 Å². The molecule has 0 unspecified atom stereocenters. The number of hydrogen-bond donors (Lipinski definition) is 2. The quantitative estimate of drug-likeness (QED) is 0.825. The average molecular weight is 311 g/mol. The lowest BCUT2D eigenvalue weighted by atomic mass is 9.97. The van der Waals surface area contributed by atoms with Crippen molar-refractivity contribution < 1.29 is 9.53 Å². The summed E-state index contributed by atoms with van der Waals surface area (Å²) in [5.41, 5.74) is 7.86. The molecule has 3 rings (SSSR count). The molecule has 0 saturated carbocycles. The van der Waals surface area contributed by atoms with Crippen LogP contribution in [0, 0.1) is 5.92 Å². The zero-order chi connectivity index (χ0) is 16.1. The zero-order valence-corrected chi connectivity index (χ0v) is 12.9. The van der Waals surface area contributed by atoms with Gasteiger partial charge in [-0.15, -0.1) is 0 Å². The first-order valence-electron chi connectivity index (χ1n) is 7.85. The van der Waals surface area contributed by atoms with Gasteiger partial charge in [-0.1, -0.05) is 30.3 Å². The van der Waals surface area contributed by atoms with Crippen molar-refractivity contribution in [3.8, 4) is 0 Å². The average Bonchev–Trinajstić information content (AvgIpc) is 3.02. The van der Waals surface area contributed by atoms with Gasteiger partial charge < -0.3 is 15.8 Å². The van der Waals surface area contributed by atoms with Crippen molar-refractivity contribution in [2.75, 3.05) is 12.3 Å². The third-order valence-electron chi connectivity index (χ3n) is 4.10. The van der Waals surface area contributed by atoms with Gasteiger partial charge in [-0.2, -0.15) is 0 Å². The smallest absolute Gasteiger partial charge is 0.323 e. The Bertz CT molecular complexity index is 660. The number of esters is 1. The number of nitrogens with zero attached hydrogens (tertiary/aromatic N) is 1. The summed E-state index contributed by atoms with van der Waals surface area (Å²) < 4.78 is 5.40. The summed E-state index contributed by atoms with van der Waals surface area (Å²) in [6.07, 6.45) is 3.40. The molecule has 0 bridgehead atoms. The van der Waals surface area contributed by atoms with Crippen molar-refractivity contribution in [2.24, 2.45) is 5.92 Å². The van der Waals surface area contributed by atoms with Crippen LogP contribution in [0.25, 0.3) is 0 Å². The highest BCUT2D eigenvalue weighted by Crippen LogP contribution is 2.20. The maximum atomic E-state index is 12.2. The molecular weight excluding hydrogens is 290 g/mol. The van der Waals surface area contributed by atoms with Gasteiger partial charge in [-0.3, -0.25) is 4.79 Å². The molecule has 0 amide bonds. The van der Waals surface area contributed by atoms with Crippen molar-refractivity contribution in [3.05, 3.63) is 59.8 Å². The summed E-state index contributed by atoms with van der Waals surface area (Å²) in [4.78, 5) is 16.2. The van der Waals surface area contributed by atoms with E-state index in [0.29, 0.717) is 18.3 Å². The highest BCUT2D eigenvalue weighted by Gasteiger charge is 2.30. The molecular formula is C18H21N3O2. The molecule has 1 aliphatic rings. The van der Waals surface area contributed by atoms with Gasteiger partial charge in [0.15, 0.2) is 0 Å². The Balaban J connectivity index is 1.48. The van der Waals surface area contributed by atoms with Crippen molar-refractivity contribution in [3.63, 3.8) is 0 Å². The first kappa shape index (κ1) is 15.5. The van der Waals surface area contributed by atoms with Gasteiger partial charge in [-0.25, -0.2) is 4.98 Å². The van der Waals surface area contributed by atoms with E-state index < -0.39 is 0 Å². The summed E-state index contributed by atoms with van der Waals surface area (Å²) in [6.45, 7) is 1.14. The molecule has 3 N–H and O–H groups in total. The summed E-state index contributed by atoms with van der Waals surface area (Å²) in [5, 5.41) is 3.26. The maximum absolute atomic E-state index is 12.2. The lowest BCUT2D eigenvalue weighted by Crippen LogP contribution is -2.32. The molecule has 1 aliphatic heterocycles. The van der Waals surface area contributed by atoms with Crippen LogP contribution in [-0.2, 0) is 22.6 Å². The predicted octanol–water partition coefficient (Wildman–Crippen LogP) is 1.93. The second kappa shape index (κ2) is 7.24. The number of ether oxygens (including phenoxy) is 1. The number of aromatic nitrogens is 1. The van der Waals surface area contributed by atoms with Crippen LogP contribution in [-0.4, -0.2) is 23.5 Å². The number of anilines is 1. The number of nitrogens with one attached hydrogen (secondary N) is 1. The minimum Gasteiger partial charge on any atom is -0.460 e. The first-order chi connectivity index (χ1) is 11.2. The first-order valence-corrected chi connectivity index (χ1v) is 7.85. The number of pyridine rings is 1. The van der Waals surface area contributed by atoms with Crippen LogP contribution in [0.5, 0.6) is 0 Å². The third kappa shape index (κ3) is 4.29. The fraction of sp³-hybridized carbons (Fsp3) is 0.333. The summed E-state index contributed by atoms with van der Waals surface area (Å²) in [7, 11) is 0. The Hall–Kier alpha value is -2.40. The Labute approximate surface area is 135 Å². The fourth-order valence-electron chi connectivity index (χ4n) is 2.93. The number of hydrogen-bond acceptors (Lipinski definition) is 5. The number of rotatable bonds is 5. The molecule has 0 radical (unpaired) electrons. The second-order valence-corrected chi connectivity index (χ2v) is 5.95. The monoisotopic (exact) mass is 311 g/mol. The summed E-state index contributed by atoms with van der Waals surface area (Å²) in [5.74, 6) is 0.768. The van der Waals surface area contributed by atoms with Crippen LogP contribution in [0.15, 0.2) is 48.7 Å². The van der Waals surface area contributed by atoms with Gasteiger partial charge in [0.1, 0.15) is 18.5 Å². The molecule has 23 heavy (non-hydrogen) atoms. The molecule has 2 atom stereocenters. The van der Waals surface area contributed by atoms with Crippen LogP contribution >= 0.6 is 0 Å². The van der Waals surface area contributed by atoms with Crippen LogP contribution in [0.1, 0.15) is 17.5 Å². The predicted molar refractivity (Wildman–Crippen MR) is 88.5 cm³/mol. The molecule has 2 heterocycles. The number of carbonyl (C=O) groups excluding carboxylic acids is 1. The van der Waals surface area contributed by atoms with Crippen LogP contribution < -0.4 is 11.1 Å². The van der Waals surface area contributed by atoms with E-state index in [1.807, 2.05) is 42.5 Å². The van der Waals surface area contributed by atoms with E-state index in [4.69, 9.17) is 10.5 Å². The van der Waals surface area contributed by atoms with E-state index in [0.717, 1.165) is 30.5 Å². The van der Waals surface area contributed by atoms with Crippen molar-refractivity contribution in [1.29, 1.82) is 0 Å². The van der Waals surface area contributed by atoms with Crippen LogP contribution in [0.3, 0.4) is 0 Å². The molecule has 5 heteroatoms. The highest BCUT2D eigenvalue weighted by atomic mass is 16.5. The molecule has 1 fully saturated rings. The standard InChI is InChI=1S/C18H21N3O2/c19-17-10-14(6-7-20-17)8-15-9-16(21-11-15)18(22)23-12-13-4-2-1-3-5-13/h1-7,10,15-16,21H,8-9,11-12H2,(H2,19,20)/t15-,16+/m0/s1. The normalized spacial score (nSPS) is 20.3. The molecule has 5 nitrogen and oxygen atoms in total. The van der Waals surface area contributed by atoms with E-state index >= 15 is 0 Å². The number of benzene rings is 1. The summed E-state index contributed by atoms with van der Waals surface area (Å²) in [6, 6.07) is 13.4.